The van der Waals surface area contributed by atoms with Crippen LogP contribution in [0, 0.1) is 0 Å². The second-order valence-electron chi connectivity index (χ2n) is 5.52. The van der Waals surface area contributed by atoms with E-state index in [9.17, 15) is 0 Å². The van der Waals surface area contributed by atoms with Crippen LogP contribution < -0.4 is 10.2 Å². The summed E-state index contributed by atoms with van der Waals surface area (Å²) in [6, 6.07) is 10.5. The van der Waals surface area contributed by atoms with E-state index in [1.54, 1.807) is 6.33 Å². The molecule has 1 N–H and O–H groups in total. The molecule has 0 atom stereocenters. The zero-order chi connectivity index (χ0) is 15.2. The number of hydrogen-bond acceptors (Lipinski definition) is 4. The third-order valence-corrected chi connectivity index (χ3v) is 3.62. The van der Waals surface area contributed by atoms with Crippen LogP contribution in [0.5, 0.6) is 0 Å². The number of anilines is 2. The lowest BCUT2D eigenvalue weighted by Gasteiger charge is -2.24. The summed E-state index contributed by atoms with van der Waals surface area (Å²) in [5.41, 5.74) is 2.52. The number of rotatable bonds is 6. The standard InChI is InChI=1S/C17H24N4/c1-13(2)15-16(18-3)19-12-20-17(15)21(4)11-10-14-8-6-5-7-9-14/h5-9,12-13H,10-11H2,1-4H3,(H,18,19,20). The Hall–Kier alpha value is -2.10. The molecule has 0 aliphatic carbocycles. The van der Waals surface area contributed by atoms with Gasteiger partial charge < -0.3 is 10.2 Å². The first kappa shape index (κ1) is 15.3. The minimum atomic E-state index is 0.378. The Bertz CT molecular complexity index is 566. The van der Waals surface area contributed by atoms with Gasteiger partial charge in [0.25, 0.3) is 0 Å². The van der Waals surface area contributed by atoms with E-state index in [1.165, 1.54) is 11.1 Å². The van der Waals surface area contributed by atoms with Gasteiger partial charge in [0.1, 0.15) is 18.0 Å². The quantitative estimate of drug-likeness (QED) is 0.883. The molecule has 21 heavy (non-hydrogen) atoms. The van der Waals surface area contributed by atoms with Gasteiger partial charge in [-0.25, -0.2) is 9.97 Å². The normalized spacial score (nSPS) is 10.7. The van der Waals surface area contributed by atoms with Gasteiger partial charge in [-0.05, 0) is 17.9 Å². The molecule has 112 valence electrons. The van der Waals surface area contributed by atoms with E-state index >= 15 is 0 Å². The fourth-order valence-corrected chi connectivity index (χ4v) is 2.47. The van der Waals surface area contributed by atoms with E-state index in [1.807, 2.05) is 13.1 Å². The number of benzene rings is 1. The van der Waals surface area contributed by atoms with Crippen molar-refractivity contribution in [1.82, 2.24) is 9.97 Å². The minimum Gasteiger partial charge on any atom is -0.373 e. The second kappa shape index (κ2) is 7.07. The van der Waals surface area contributed by atoms with Gasteiger partial charge in [-0.1, -0.05) is 44.2 Å². The molecule has 0 unspecified atom stereocenters. The van der Waals surface area contributed by atoms with Crippen molar-refractivity contribution in [1.29, 1.82) is 0 Å². The first-order valence-corrected chi connectivity index (χ1v) is 7.41. The summed E-state index contributed by atoms with van der Waals surface area (Å²) >= 11 is 0. The van der Waals surface area contributed by atoms with Gasteiger partial charge in [-0.3, -0.25) is 0 Å². The number of nitrogens with one attached hydrogen (secondary N) is 1. The maximum absolute atomic E-state index is 4.50. The molecule has 4 heteroatoms. The van der Waals surface area contributed by atoms with Crippen molar-refractivity contribution in [3.05, 3.63) is 47.8 Å². The largest absolute Gasteiger partial charge is 0.373 e. The van der Waals surface area contributed by atoms with Crippen LogP contribution in [0.2, 0.25) is 0 Å². The maximum Gasteiger partial charge on any atom is 0.137 e. The van der Waals surface area contributed by atoms with E-state index in [0.29, 0.717) is 5.92 Å². The molecule has 1 heterocycles. The second-order valence-corrected chi connectivity index (χ2v) is 5.52. The summed E-state index contributed by atoms with van der Waals surface area (Å²) in [5, 5.41) is 3.17. The molecule has 2 aromatic rings. The maximum atomic E-state index is 4.50. The van der Waals surface area contributed by atoms with Crippen molar-refractivity contribution < 1.29 is 0 Å². The first-order valence-electron chi connectivity index (χ1n) is 7.41. The zero-order valence-electron chi connectivity index (χ0n) is 13.3. The molecule has 0 spiro atoms. The highest BCUT2D eigenvalue weighted by molar-refractivity contribution is 5.59. The highest BCUT2D eigenvalue weighted by atomic mass is 15.2. The van der Waals surface area contributed by atoms with E-state index in [0.717, 1.165) is 24.6 Å². The third-order valence-electron chi connectivity index (χ3n) is 3.62. The van der Waals surface area contributed by atoms with Gasteiger partial charge >= 0.3 is 0 Å². The highest BCUT2D eigenvalue weighted by Gasteiger charge is 2.16. The molecule has 0 radical (unpaired) electrons. The van der Waals surface area contributed by atoms with Crippen LogP contribution in [0.4, 0.5) is 11.6 Å². The van der Waals surface area contributed by atoms with Gasteiger partial charge in [-0.2, -0.15) is 0 Å². The average molecular weight is 284 g/mol. The smallest absolute Gasteiger partial charge is 0.137 e. The third kappa shape index (κ3) is 3.72. The molecule has 0 fully saturated rings. The topological polar surface area (TPSA) is 41.1 Å². The fourth-order valence-electron chi connectivity index (χ4n) is 2.47. The predicted molar refractivity (Wildman–Crippen MR) is 89.1 cm³/mol. The zero-order valence-corrected chi connectivity index (χ0v) is 13.3. The summed E-state index contributed by atoms with van der Waals surface area (Å²) in [6.45, 7) is 5.28. The van der Waals surface area contributed by atoms with Crippen LogP contribution in [0.1, 0.15) is 30.9 Å². The molecule has 1 aromatic carbocycles. The Morgan fingerprint density at radius 1 is 1.14 bits per heavy atom. The van der Waals surface area contributed by atoms with Crippen LogP contribution >= 0.6 is 0 Å². The van der Waals surface area contributed by atoms with E-state index in [4.69, 9.17) is 0 Å². The molecule has 4 nitrogen and oxygen atoms in total. The molecule has 0 saturated heterocycles. The van der Waals surface area contributed by atoms with Crippen molar-refractivity contribution in [2.75, 3.05) is 30.9 Å². The Labute approximate surface area is 127 Å². The number of hydrogen-bond donors (Lipinski definition) is 1. The molecule has 0 bridgehead atoms. The van der Waals surface area contributed by atoms with Crippen molar-refractivity contribution in [2.45, 2.75) is 26.2 Å². The van der Waals surface area contributed by atoms with E-state index in [2.05, 4.69) is 65.3 Å². The summed E-state index contributed by atoms with van der Waals surface area (Å²) in [7, 11) is 4.00. The number of likely N-dealkylation sites (N-methyl/N-ethyl adjacent to an activating group) is 1. The van der Waals surface area contributed by atoms with Crippen LogP contribution in [-0.2, 0) is 6.42 Å². The molecule has 1 aromatic heterocycles. The average Bonchev–Trinajstić information content (AvgIpc) is 2.52. The van der Waals surface area contributed by atoms with Crippen LogP contribution in [-0.4, -0.2) is 30.6 Å². The number of aromatic nitrogens is 2. The molecular formula is C17H24N4. The van der Waals surface area contributed by atoms with E-state index in [-0.39, 0.29) is 0 Å². The monoisotopic (exact) mass is 284 g/mol. The van der Waals surface area contributed by atoms with Crippen molar-refractivity contribution in [3.8, 4) is 0 Å². The summed E-state index contributed by atoms with van der Waals surface area (Å²) in [6.07, 6.45) is 2.64. The van der Waals surface area contributed by atoms with Crippen LogP contribution in [0.3, 0.4) is 0 Å². The van der Waals surface area contributed by atoms with Gasteiger partial charge in [0.2, 0.25) is 0 Å². The lowest BCUT2D eigenvalue weighted by atomic mass is 10.0. The van der Waals surface area contributed by atoms with E-state index < -0.39 is 0 Å². The van der Waals surface area contributed by atoms with Crippen molar-refractivity contribution in [2.24, 2.45) is 0 Å². The van der Waals surface area contributed by atoms with Crippen LogP contribution in [0.15, 0.2) is 36.7 Å². The summed E-state index contributed by atoms with van der Waals surface area (Å²) in [4.78, 5) is 11.0. The van der Waals surface area contributed by atoms with Gasteiger partial charge in [0.15, 0.2) is 0 Å². The minimum absolute atomic E-state index is 0.378. The lowest BCUT2D eigenvalue weighted by molar-refractivity contribution is 0.801. The molecule has 0 aliphatic heterocycles. The van der Waals surface area contributed by atoms with Gasteiger partial charge in [-0.15, -0.1) is 0 Å². The van der Waals surface area contributed by atoms with Crippen molar-refractivity contribution >= 4 is 11.6 Å². The Kier molecular flexibility index (Phi) is 5.14. The Morgan fingerprint density at radius 2 is 1.86 bits per heavy atom. The fraction of sp³-hybridized carbons (Fsp3) is 0.412. The Morgan fingerprint density at radius 3 is 2.48 bits per heavy atom. The molecular weight excluding hydrogens is 260 g/mol. The lowest BCUT2D eigenvalue weighted by Crippen LogP contribution is -2.24. The number of nitrogens with zero attached hydrogens (tertiary/aromatic N) is 3. The molecule has 0 saturated carbocycles. The van der Waals surface area contributed by atoms with Crippen molar-refractivity contribution in [3.63, 3.8) is 0 Å². The predicted octanol–water partition coefficient (Wildman–Crippen LogP) is 3.32. The summed E-state index contributed by atoms with van der Waals surface area (Å²) in [5.74, 6) is 2.31. The molecule has 0 amide bonds. The van der Waals surface area contributed by atoms with Gasteiger partial charge in [0.05, 0.1) is 0 Å². The SMILES string of the molecule is CNc1ncnc(N(C)CCc2ccccc2)c1C(C)C. The first-order chi connectivity index (χ1) is 10.1. The summed E-state index contributed by atoms with van der Waals surface area (Å²) < 4.78 is 0. The Balaban J connectivity index is 2.17. The highest BCUT2D eigenvalue weighted by Crippen LogP contribution is 2.29. The molecule has 0 aliphatic rings. The molecule has 2 rings (SSSR count). The van der Waals surface area contributed by atoms with Crippen LogP contribution in [0.25, 0.3) is 0 Å². The van der Waals surface area contributed by atoms with Gasteiger partial charge in [0, 0.05) is 26.2 Å².